The van der Waals surface area contributed by atoms with Crippen molar-refractivity contribution < 1.29 is 4.79 Å². The standard InChI is InChI=1S/C17H14BrClN4O/c1-21-16-8-13(19)4-2-11(16)6-7-23(21)17(24)15-9-14-5-3-12(18)10-22(14)20-15/h2-5,8-10H,6-7H2,1H3. The van der Waals surface area contributed by atoms with Crippen molar-refractivity contribution >= 4 is 44.6 Å². The van der Waals surface area contributed by atoms with Crippen molar-refractivity contribution in [1.82, 2.24) is 14.6 Å². The number of nitrogens with zero attached hydrogens (tertiary/aromatic N) is 4. The monoisotopic (exact) mass is 404 g/mol. The molecule has 0 saturated heterocycles. The Balaban J connectivity index is 1.68. The van der Waals surface area contributed by atoms with E-state index in [4.69, 9.17) is 11.6 Å². The lowest BCUT2D eigenvalue weighted by atomic mass is 10.1. The van der Waals surface area contributed by atoms with E-state index in [0.717, 1.165) is 22.1 Å². The van der Waals surface area contributed by atoms with Crippen LogP contribution in [-0.4, -0.2) is 34.1 Å². The second kappa shape index (κ2) is 5.79. The highest BCUT2D eigenvalue weighted by Crippen LogP contribution is 2.30. The first-order valence-corrected chi connectivity index (χ1v) is 8.69. The van der Waals surface area contributed by atoms with E-state index >= 15 is 0 Å². The average Bonchev–Trinajstić information content (AvgIpc) is 2.98. The van der Waals surface area contributed by atoms with Crippen molar-refractivity contribution in [3.05, 3.63) is 63.3 Å². The lowest BCUT2D eigenvalue weighted by Gasteiger charge is -2.38. The molecule has 1 aromatic carbocycles. The Morgan fingerprint density at radius 1 is 1.25 bits per heavy atom. The maximum Gasteiger partial charge on any atom is 0.292 e. The maximum absolute atomic E-state index is 12.9. The van der Waals surface area contributed by atoms with Gasteiger partial charge in [0.05, 0.1) is 11.2 Å². The molecule has 0 bridgehead atoms. The molecule has 2 aromatic heterocycles. The molecule has 0 saturated carbocycles. The second-order valence-corrected chi connectivity index (χ2v) is 7.07. The lowest BCUT2D eigenvalue weighted by Crippen LogP contribution is -2.48. The van der Waals surface area contributed by atoms with Crippen LogP contribution in [-0.2, 0) is 6.42 Å². The molecule has 0 aliphatic carbocycles. The third kappa shape index (κ3) is 2.56. The van der Waals surface area contributed by atoms with Crippen LogP contribution in [0.25, 0.3) is 5.52 Å². The van der Waals surface area contributed by atoms with E-state index < -0.39 is 0 Å². The van der Waals surface area contributed by atoms with Gasteiger partial charge in [-0.05, 0) is 58.2 Å². The van der Waals surface area contributed by atoms with Crippen LogP contribution in [0.1, 0.15) is 16.1 Å². The van der Waals surface area contributed by atoms with Gasteiger partial charge in [0.1, 0.15) is 0 Å². The van der Waals surface area contributed by atoms with Gasteiger partial charge in [0.15, 0.2) is 5.69 Å². The molecule has 0 atom stereocenters. The molecule has 0 unspecified atom stereocenters. The number of pyridine rings is 1. The second-order valence-electron chi connectivity index (χ2n) is 5.72. The van der Waals surface area contributed by atoms with Gasteiger partial charge in [-0.25, -0.2) is 9.52 Å². The number of hydrogen-bond donors (Lipinski definition) is 0. The molecule has 3 heterocycles. The fraction of sp³-hybridized carbons (Fsp3) is 0.176. The van der Waals surface area contributed by atoms with Crippen molar-refractivity contribution in [3.8, 4) is 0 Å². The average molecular weight is 406 g/mol. The molecule has 0 N–H and O–H groups in total. The van der Waals surface area contributed by atoms with E-state index in [1.807, 2.05) is 48.6 Å². The summed E-state index contributed by atoms with van der Waals surface area (Å²) in [6.07, 6.45) is 2.63. The number of rotatable bonds is 1. The first-order valence-electron chi connectivity index (χ1n) is 7.52. The van der Waals surface area contributed by atoms with Gasteiger partial charge < -0.3 is 0 Å². The molecule has 7 heteroatoms. The van der Waals surface area contributed by atoms with Crippen molar-refractivity contribution in [2.75, 3.05) is 18.6 Å². The zero-order valence-electron chi connectivity index (χ0n) is 12.9. The quantitative estimate of drug-likeness (QED) is 0.618. The zero-order chi connectivity index (χ0) is 16.8. The van der Waals surface area contributed by atoms with Crippen LogP contribution in [0.2, 0.25) is 5.02 Å². The Labute approximate surface area is 152 Å². The Bertz CT molecular complexity index is 955. The van der Waals surface area contributed by atoms with Gasteiger partial charge in [0, 0.05) is 29.3 Å². The smallest absolute Gasteiger partial charge is 0.285 e. The van der Waals surface area contributed by atoms with Gasteiger partial charge in [-0.3, -0.25) is 9.80 Å². The van der Waals surface area contributed by atoms with Crippen LogP contribution >= 0.6 is 27.5 Å². The van der Waals surface area contributed by atoms with Gasteiger partial charge in [-0.15, -0.1) is 0 Å². The van der Waals surface area contributed by atoms with Gasteiger partial charge in [-0.1, -0.05) is 17.7 Å². The fourth-order valence-corrected chi connectivity index (χ4v) is 3.48. The molecule has 5 nitrogen and oxygen atoms in total. The summed E-state index contributed by atoms with van der Waals surface area (Å²) < 4.78 is 2.61. The summed E-state index contributed by atoms with van der Waals surface area (Å²) in [5.74, 6) is -0.122. The number of carbonyl (C=O) groups is 1. The molecule has 0 radical (unpaired) electrons. The van der Waals surface area contributed by atoms with Crippen LogP contribution in [0.4, 0.5) is 5.69 Å². The summed E-state index contributed by atoms with van der Waals surface area (Å²) in [6, 6.07) is 11.4. The molecule has 1 aliphatic rings. The third-order valence-corrected chi connectivity index (χ3v) is 4.93. The Kier molecular flexibility index (Phi) is 3.73. The van der Waals surface area contributed by atoms with Crippen LogP contribution in [0.3, 0.4) is 0 Å². The first-order chi connectivity index (χ1) is 11.5. The SMILES string of the molecule is CN1c2cc(Cl)ccc2CCN1C(=O)c1cc2ccc(Br)cn2n1. The number of aromatic nitrogens is 2. The van der Waals surface area contributed by atoms with Crippen LogP contribution in [0.15, 0.2) is 47.1 Å². The molecule has 0 spiro atoms. The van der Waals surface area contributed by atoms with E-state index in [1.165, 1.54) is 5.56 Å². The Morgan fingerprint density at radius 3 is 2.92 bits per heavy atom. The van der Waals surface area contributed by atoms with Gasteiger partial charge >= 0.3 is 0 Å². The molecular formula is C17H14BrClN4O. The van der Waals surface area contributed by atoms with Gasteiger partial charge in [-0.2, -0.15) is 5.10 Å². The number of fused-ring (bicyclic) bond motifs is 2. The summed E-state index contributed by atoms with van der Waals surface area (Å²) in [6.45, 7) is 0.613. The molecular weight excluding hydrogens is 392 g/mol. The van der Waals surface area contributed by atoms with Crippen molar-refractivity contribution in [2.45, 2.75) is 6.42 Å². The van der Waals surface area contributed by atoms with E-state index in [1.54, 1.807) is 15.6 Å². The topological polar surface area (TPSA) is 40.9 Å². The minimum absolute atomic E-state index is 0.122. The third-order valence-electron chi connectivity index (χ3n) is 4.23. The summed E-state index contributed by atoms with van der Waals surface area (Å²) in [5.41, 5.74) is 3.44. The van der Waals surface area contributed by atoms with Crippen LogP contribution in [0, 0.1) is 0 Å². The molecule has 1 amide bonds. The number of benzene rings is 1. The van der Waals surface area contributed by atoms with Crippen molar-refractivity contribution in [2.24, 2.45) is 0 Å². The fourth-order valence-electron chi connectivity index (χ4n) is 2.99. The van der Waals surface area contributed by atoms with Crippen molar-refractivity contribution in [1.29, 1.82) is 0 Å². The minimum Gasteiger partial charge on any atom is -0.285 e. The zero-order valence-corrected chi connectivity index (χ0v) is 15.3. The van der Waals surface area contributed by atoms with Crippen LogP contribution in [0.5, 0.6) is 0 Å². The normalized spacial score (nSPS) is 14.1. The highest BCUT2D eigenvalue weighted by molar-refractivity contribution is 9.10. The number of anilines is 1. The largest absolute Gasteiger partial charge is 0.292 e. The Hall–Kier alpha value is -2.05. The lowest BCUT2D eigenvalue weighted by molar-refractivity contribution is 0.0732. The summed E-state index contributed by atoms with van der Waals surface area (Å²) in [7, 11) is 1.87. The molecule has 4 rings (SSSR count). The maximum atomic E-state index is 12.9. The summed E-state index contributed by atoms with van der Waals surface area (Å²) in [5, 5.41) is 8.62. The van der Waals surface area contributed by atoms with E-state index in [0.29, 0.717) is 17.3 Å². The highest BCUT2D eigenvalue weighted by Gasteiger charge is 2.28. The minimum atomic E-state index is -0.122. The number of hydrazine groups is 1. The highest BCUT2D eigenvalue weighted by atomic mass is 79.9. The first kappa shape index (κ1) is 15.5. The van der Waals surface area contributed by atoms with E-state index in [2.05, 4.69) is 21.0 Å². The molecule has 0 fully saturated rings. The molecule has 122 valence electrons. The van der Waals surface area contributed by atoms with Gasteiger partial charge in [0.25, 0.3) is 5.91 Å². The van der Waals surface area contributed by atoms with Gasteiger partial charge in [0.2, 0.25) is 0 Å². The summed E-state index contributed by atoms with van der Waals surface area (Å²) in [4.78, 5) is 12.9. The number of amides is 1. The molecule has 24 heavy (non-hydrogen) atoms. The van der Waals surface area contributed by atoms with Crippen molar-refractivity contribution in [3.63, 3.8) is 0 Å². The van der Waals surface area contributed by atoms with E-state index in [9.17, 15) is 4.79 Å². The molecule has 1 aliphatic heterocycles. The number of halogens is 2. The Morgan fingerprint density at radius 2 is 2.08 bits per heavy atom. The predicted octanol–water partition coefficient (Wildman–Crippen LogP) is 3.80. The number of carbonyl (C=O) groups excluding carboxylic acids is 1. The summed E-state index contributed by atoms with van der Waals surface area (Å²) >= 11 is 9.52. The molecule has 3 aromatic rings. The number of hydrogen-bond acceptors (Lipinski definition) is 3. The predicted molar refractivity (Wildman–Crippen MR) is 97.5 cm³/mol. The van der Waals surface area contributed by atoms with E-state index in [-0.39, 0.29) is 5.91 Å². The van der Waals surface area contributed by atoms with Crippen LogP contribution < -0.4 is 5.01 Å².